The van der Waals surface area contributed by atoms with Crippen molar-refractivity contribution in [1.82, 2.24) is 9.13 Å². The first kappa shape index (κ1) is 10.6. The lowest BCUT2D eigenvalue weighted by Gasteiger charge is -2.03. The van der Waals surface area contributed by atoms with E-state index in [0.29, 0.717) is 0 Å². The molecule has 3 nitrogen and oxygen atoms in total. The summed E-state index contributed by atoms with van der Waals surface area (Å²) < 4.78 is 28.9. The fraction of sp³-hybridized carbons (Fsp3) is 0.182. The van der Waals surface area contributed by atoms with Crippen molar-refractivity contribution in [2.24, 2.45) is 7.05 Å². The predicted molar refractivity (Wildman–Crippen MR) is 55.1 cm³/mol. The Morgan fingerprint density at radius 1 is 1.25 bits per heavy atom. The van der Waals surface area contributed by atoms with E-state index in [0.717, 1.165) is 18.2 Å². The summed E-state index contributed by atoms with van der Waals surface area (Å²) in [5.74, 6) is -1.03. The molecule has 0 aliphatic heterocycles. The van der Waals surface area contributed by atoms with Crippen molar-refractivity contribution in [3.8, 4) is 0 Å². The van der Waals surface area contributed by atoms with E-state index in [1.54, 1.807) is 13.2 Å². The van der Waals surface area contributed by atoms with E-state index in [1.165, 1.54) is 15.3 Å². The van der Waals surface area contributed by atoms with Crippen molar-refractivity contribution < 1.29 is 8.78 Å². The van der Waals surface area contributed by atoms with Crippen molar-refractivity contribution in [3.05, 3.63) is 58.3 Å². The van der Waals surface area contributed by atoms with E-state index in [2.05, 4.69) is 0 Å². The van der Waals surface area contributed by atoms with Gasteiger partial charge in [0.2, 0.25) is 0 Å². The lowest BCUT2D eigenvalue weighted by atomic mass is 10.2. The number of hydrogen-bond donors (Lipinski definition) is 0. The molecule has 0 aliphatic rings. The van der Waals surface area contributed by atoms with Gasteiger partial charge in [0.25, 0.3) is 0 Å². The minimum Gasteiger partial charge on any atom is -0.302 e. The summed E-state index contributed by atoms with van der Waals surface area (Å²) in [4.78, 5) is 11.5. The van der Waals surface area contributed by atoms with Crippen molar-refractivity contribution in [2.75, 3.05) is 0 Å². The standard InChI is InChI=1S/C11H10F2N2O/c1-14-4-5-15(11(14)16)7-8-6-9(12)2-3-10(8)13/h2-6H,7H2,1H3. The maximum absolute atomic E-state index is 13.3. The van der Waals surface area contributed by atoms with Crippen LogP contribution in [0.5, 0.6) is 0 Å². The highest BCUT2D eigenvalue weighted by molar-refractivity contribution is 5.19. The van der Waals surface area contributed by atoms with E-state index in [-0.39, 0.29) is 17.8 Å². The van der Waals surface area contributed by atoms with Gasteiger partial charge in [0, 0.05) is 25.0 Å². The molecule has 0 bridgehead atoms. The maximum atomic E-state index is 13.3. The first-order valence-corrected chi connectivity index (χ1v) is 4.73. The average Bonchev–Trinajstić information content (AvgIpc) is 2.55. The van der Waals surface area contributed by atoms with Gasteiger partial charge in [0.05, 0.1) is 6.54 Å². The largest absolute Gasteiger partial charge is 0.328 e. The van der Waals surface area contributed by atoms with Crippen molar-refractivity contribution in [3.63, 3.8) is 0 Å². The number of hydrogen-bond acceptors (Lipinski definition) is 1. The Morgan fingerprint density at radius 2 is 2.00 bits per heavy atom. The van der Waals surface area contributed by atoms with E-state index < -0.39 is 11.6 Å². The maximum Gasteiger partial charge on any atom is 0.328 e. The second-order valence-corrected chi connectivity index (χ2v) is 3.56. The van der Waals surface area contributed by atoms with Gasteiger partial charge in [-0.3, -0.25) is 4.57 Å². The summed E-state index contributed by atoms with van der Waals surface area (Å²) in [6.07, 6.45) is 3.10. The van der Waals surface area contributed by atoms with Gasteiger partial charge in [-0.1, -0.05) is 0 Å². The first-order chi connectivity index (χ1) is 7.58. The highest BCUT2D eigenvalue weighted by Gasteiger charge is 2.06. The molecule has 0 saturated carbocycles. The zero-order chi connectivity index (χ0) is 11.7. The predicted octanol–water partition coefficient (Wildman–Crippen LogP) is 1.51. The third-order valence-corrected chi connectivity index (χ3v) is 2.37. The van der Waals surface area contributed by atoms with Gasteiger partial charge >= 0.3 is 5.69 Å². The number of imidazole rings is 1. The monoisotopic (exact) mass is 224 g/mol. The fourth-order valence-corrected chi connectivity index (χ4v) is 1.48. The molecule has 0 spiro atoms. The van der Waals surface area contributed by atoms with Crippen LogP contribution in [0.1, 0.15) is 5.56 Å². The molecular weight excluding hydrogens is 214 g/mol. The van der Waals surface area contributed by atoms with Crippen LogP contribution in [0.4, 0.5) is 8.78 Å². The summed E-state index contributed by atoms with van der Waals surface area (Å²) in [7, 11) is 1.60. The molecule has 1 heterocycles. The molecule has 0 aliphatic carbocycles. The highest BCUT2D eigenvalue weighted by atomic mass is 19.1. The number of benzene rings is 1. The Kier molecular flexibility index (Phi) is 2.60. The molecule has 0 atom stereocenters. The van der Waals surface area contributed by atoms with Gasteiger partial charge in [-0.25, -0.2) is 13.6 Å². The molecule has 1 aromatic heterocycles. The molecule has 0 amide bonds. The molecule has 16 heavy (non-hydrogen) atoms. The van der Waals surface area contributed by atoms with Crippen LogP contribution >= 0.6 is 0 Å². The molecule has 2 aromatic rings. The molecule has 84 valence electrons. The highest BCUT2D eigenvalue weighted by Crippen LogP contribution is 2.10. The van der Waals surface area contributed by atoms with Gasteiger partial charge in [-0.2, -0.15) is 0 Å². The van der Waals surface area contributed by atoms with Crippen LogP contribution in [-0.2, 0) is 13.6 Å². The summed E-state index contributed by atoms with van der Waals surface area (Å²) in [6.45, 7) is 0.0310. The third kappa shape index (κ3) is 1.88. The molecule has 0 saturated heterocycles. The van der Waals surface area contributed by atoms with E-state index in [4.69, 9.17) is 0 Å². The van der Waals surface area contributed by atoms with Crippen LogP contribution < -0.4 is 5.69 Å². The number of aromatic nitrogens is 2. The fourth-order valence-electron chi connectivity index (χ4n) is 1.48. The Bertz CT molecular complexity index is 572. The number of nitrogens with zero attached hydrogens (tertiary/aromatic N) is 2. The average molecular weight is 224 g/mol. The summed E-state index contributed by atoms with van der Waals surface area (Å²) in [6, 6.07) is 3.19. The number of halogens is 2. The lowest BCUT2D eigenvalue weighted by molar-refractivity contribution is 0.573. The SMILES string of the molecule is Cn1ccn(Cc2cc(F)ccc2F)c1=O. The quantitative estimate of drug-likeness (QED) is 0.759. The van der Waals surface area contributed by atoms with Crippen LogP contribution in [0, 0.1) is 11.6 Å². The Labute approximate surface area is 90.6 Å². The second-order valence-electron chi connectivity index (χ2n) is 3.56. The normalized spacial score (nSPS) is 10.7. The molecule has 0 radical (unpaired) electrons. The molecular formula is C11H10F2N2O. The topological polar surface area (TPSA) is 26.9 Å². The van der Waals surface area contributed by atoms with Crippen molar-refractivity contribution >= 4 is 0 Å². The van der Waals surface area contributed by atoms with E-state index in [9.17, 15) is 13.6 Å². The Balaban J connectivity index is 2.37. The van der Waals surface area contributed by atoms with Gasteiger partial charge in [0.1, 0.15) is 11.6 Å². The minimum absolute atomic E-state index is 0.0310. The Hall–Kier alpha value is -1.91. The first-order valence-electron chi connectivity index (χ1n) is 4.73. The van der Waals surface area contributed by atoms with Gasteiger partial charge < -0.3 is 4.57 Å². The smallest absolute Gasteiger partial charge is 0.302 e. The van der Waals surface area contributed by atoms with E-state index in [1.807, 2.05) is 0 Å². The minimum atomic E-state index is -0.517. The molecule has 0 N–H and O–H groups in total. The molecule has 1 aromatic carbocycles. The number of aryl methyl sites for hydroxylation is 1. The third-order valence-electron chi connectivity index (χ3n) is 2.37. The lowest BCUT2D eigenvalue weighted by Crippen LogP contribution is -2.22. The van der Waals surface area contributed by atoms with Crippen LogP contribution in [0.2, 0.25) is 0 Å². The van der Waals surface area contributed by atoms with Crippen LogP contribution in [0.15, 0.2) is 35.4 Å². The Morgan fingerprint density at radius 3 is 2.62 bits per heavy atom. The van der Waals surface area contributed by atoms with Gasteiger partial charge in [0.15, 0.2) is 0 Å². The van der Waals surface area contributed by atoms with Crippen molar-refractivity contribution in [1.29, 1.82) is 0 Å². The molecule has 0 unspecified atom stereocenters. The number of rotatable bonds is 2. The van der Waals surface area contributed by atoms with Crippen LogP contribution in [-0.4, -0.2) is 9.13 Å². The van der Waals surface area contributed by atoms with Crippen molar-refractivity contribution in [2.45, 2.75) is 6.54 Å². The zero-order valence-corrected chi connectivity index (χ0v) is 8.65. The van der Waals surface area contributed by atoms with Crippen LogP contribution in [0.25, 0.3) is 0 Å². The van der Waals surface area contributed by atoms with Gasteiger partial charge in [-0.15, -0.1) is 0 Å². The summed E-state index contributed by atoms with van der Waals surface area (Å²) >= 11 is 0. The van der Waals surface area contributed by atoms with Gasteiger partial charge in [-0.05, 0) is 18.2 Å². The molecule has 2 rings (SSSR count). The molecule has 0 fully saturated rings. The zero-order valence-electron chi connectivity index (χ0n) is 8.65. The van der Waals surface area contributed by atoms with Crippen LogP contribution in [0.3, 0.4) is 0 Å². The van der Waals surface area contributed by atoms with E-state index >= 15 is 0 Å². The summed E-state index contributed by atoms with van der Waals surface area (Å²) in [5, 5.41) is 0. The molecule has 5 heteroatoms. The summed E-state index contributed by atoms with van der Waals surface area (Å²) in [5.41, 5.74) is -0.100. The second kappa shape index (κ2) is 3.92.